The lowest BCUT2D eigenvalue weighted by molar-refractivity contribution is 0.435. The molecule has 0 saturated heterocycles. The second-order valence-electron chi connectivity index (χ2n) is 3.87. The molecule has 0 aliphatic heterocycles. The Kier molecular flexibility index (Phi) is 2.66. The minimum absolute atomic E-state index is 0.265. The normalized spacial score (nSPS) is 11.6. The molecule has 0 atom stereocenters. The van der Waals surface area contributed by atoms with Crippen molar-refractivity contribution in [2.24, 2.45) is 0 Å². The predicted molar refractivity (Wildman–Crippen MR) is 64.2 cm³/mol. The summed E-state index contributed by atoms with van der Waals surface area (Å²) in [6.07, 6.45) is 1.17. The Morgan fingerprint density at radius 3 is 2.53 bits per heavy atom. The van der Waals surface area contributed by atoms with Gasteiger partial charge in [0.25, 0.3) is 0 Å². The van der Waals surface area contributed by atoms with Crippen LogP contribution in [0.5, 0.6) is 0 Å². The summed E-state index contributed by atoms with van der Waals surface area (Å²) in [4.78, 5) is 0.282. The maximum absolute atomic E-state index is 11.6. The molecule has 0 fully saturated rings. The molecular weight excluding hydrogens is 240 g/mol. The number of rotatable bonds is 2. The summed E-state index contributed by atoms with van der Waals surface area (Å²) in [5.74, 6) is 0.717. The molecule has 0 unspecified atom stereocenters. The zero-order valence-electron chi connectivity index (χ0n) is 9.47. The molecule has 0 saturated carbocycles. The lowest BCUT2D eigenvalue weighted by atomic mass is 10.1. The van der Waals surface area contributed by atoms with Gasteiger partial charge in [-0.05, 0) is 18.6 Å². The van der Waals surface area contributed by atoms with Gasteiger partial charge in [0.05, 0.1) is 4.90 Å². The summed E-state index contributed by atoms with van der Waals surface area (Å²) >= 11 is 0. The summed E-state index contributed by atoms with van der Waals surface area (Å²) < 4.78 is 28.1. The maximum Gasteiger partial charge on any atom is 0.175 e. The smallest absolute Gasteiger partial charge is 0.175 e. The Labute approximate surface area is 99.1 Å². The van der Waals surface area contributed by atoms with Crippen molar-refractivity contribution >= 4 is 15.7 Å². The third kappa shape index (κ3) is 2.31. The summed E-state index contributed by atoms with van der Waals surface area (Å²) in [5.41, 5.74) is 6.78. The maximum atomic E-state index is 11.6. The van der Waals surface area contributed by atoms with E-state index in [0.717, 1.165) is 0 Å². The first-order valence-electron chi connectivity index (χ1n) is 4.91. The van der Waals surface area contributed by atoms with Gasteiger partial charge >= 0.3 is 0 Å². The van der Waals surface area contributed by atoms with Crippen molar-refractivity contribution in [2.45, 2.75) is 11.8 Å². The van der Waals surface area contributed by atoms with E-state index < -0.39 is 9.84 Å². The molecule has 5 nitrogen and oxygen atoms in total. The molecule has 1 aromatic carbocycles. The van der Waals surface area contributed by atoms with Crippen LogP contribution < -0.4 is 5.73 Å². The number of aromatic nitrogens is 1. The third-order valence-corrected chi connectivity index (χ3v) is 3.64. The molecule has 0 aliphatic carbocycles. The van der Waals surface area contributed by atoms with Gasteiger partial charge in [-0.1, -0.05) is 17.3 Å². The number of aryl methyl sites for hydroxylation is 1. The van der Waals surface area contributed by atoms with E-state index in [9.17, 15) is 8.42 Å². The molecule has 0 radical (unpaired) electrons. The van der Waals surface area contributed by atoms with Crippen LogP contribution >= 0.6 is 0 Å². The van der Waals surface area contributed by atoms with Crippen LogP contribution in [-0.4, -0.2) is 19.8 Å². The zero-order chi connectivity index (χ0) is 12.6. The van der Waals surface area contributed by atoms with E-state index in [4.69, 9.17) is 10.3 Å². The first-order valence-corrected chi connectivity index (χ1v) is 6.80. The third-order valence-electron chi connectivity index (χ3n) is 2.40. The van der Waals surface area contributed by atoms with Crippen molar-refractivity contribution in [1.29, 1.82) is 0 Å². The minimum atomic E-state index is -3.25. The number of anilines is 1. The van der Waals surface area contributed by atoms with Crippen molar-refractivity contribution in [3.05, 3.63) is 29.8 Å². The van der Waals surface area contributed by atoms with Crippen molar-refractivity contribution in [3.63, 3.8) is 0 Å². The Bertz CT molecular complexity index is 659. The second kappa shape index (κ2) is 3.89. The molecule has 0 amide bonds. The highest BCUT2D eigenvalue weighted by Crippen LogP contribution is 2.26. The van der Waals surface area contributed by atoms with Crippen LogP contribution in [0.1, 0.15) is 5.56 Å². The zero-order valence-corrected chi connectivity index (χ0v) is 10.3. The summed E-state index contributed by atoms with van der Waals surface area (Å²) in [6, 6.07) is 6.61. The van der Waals surface area contributed by atoms with E-state index in [1.165, 1.54) is 6.26 Å². The number of nitrogen functional groups attached to an aromatic ring is 1. The van der Waals surface area contributed by atoms with Gasteiger partial charge in [0.1, 0.15) is 0 Å². The number of nitrogens with zero attached hydrogens (tertiary/aromatic N) is 1. The average molecular weight is 252 g/mol. The first kappa shape index (κ1) is 11.7. The topological polar surface area (TPSA) is 86.2 Å². The lowest BCUT2D eigenvalue weighted by Gasteiger charge is -2.04. The van der Waals surface area contributed by atoms with Gasteiger partial charge in [-0.15, -0.1) is 0 Å². The molecule has 0 spiro atoms. The van der Waals surface area contributed by atoms with Crippen LogP contribution in [-0.2, 0) is 9.84 Å². The first-order chi connectivity index (χ1) is 7.88. The van der Waals surface area contributed by atoms with Gasteiger partial charge in [0, 0.05) is 17.9 Å². The molecule has 0 aliphatic rings. The molecule has 2 N–H and O–H groups in total. The monoisotopic (exact) mass is 252 g/mol. The Balaban J connectivity index is 2.59. The van der Waals surface area contributed by atoms with Crippen molar-refractivity contribution in [3.8, 4) is 11.3 Å². The molecule has 90 valence electrons. The molecule has 0 bridgehead atoms. The Morgan fingerprint density at radius 2 is 2.00 bits per heavy atom. The molecule has 17 heavy (non-hydrogen) atoms. The molecule has 1 heterocycles. The van der Waals surface area contributed by atoms with E-state index >= 15 is 0 Å². The number of hydrogen-bond donors (Lipinski definition) is 1. The number of hydrogen-bond acceptors (Lipinski definition) is 5. The van der Waals surface area contributed by atoms with Crippen molar-refractivity contribution in [1.82, 2.24) is 5.16 Å². The fourth-order valence-electron chi connectivity index (χ4n) is 1.58. The van der Waals surface area contributed by atoms with Gasteiger partial charge < -0.3 is 10.3 Å². The minimum Gasteiger partial charge on any atom is -0.381 e. The fraction of sp³-hybridized carbons (Fsp3) is 0.182. The molecule has 2 rings (SSSR count). The van der Waals surface area contributed by atoms with E-state index in [2.05, 4.69) is 5.16 Å². The van der Waals surface area contributed by atoms with E-state index in [-0.39, 0.29) is 10.7 Å². The largest absolute Gasteiger partial charge is 0.381 e. The van der Waals surface area contributed by atoms with Gasteiger partial charge in [-0.2, -0.15) is 0 Å². The molecule has 6 heteroatoms. The van der Waals surface area contributed by atoms with Gasteiger partial charge in [0.2, 0.25) is 0 Å². The van der Waals surface area contributed by atoms with Crippen LogP contribution in [0.15, 0.2) is 33.7 Å². The summed E-state index contributed by atoms with van der Waals surface area (Å²) in [5, 5.41) is 3.56. The highest BCUT2D eigenvalue weighted by Gasteiger charge is 2.13. The average Bonchev–Trinajstić information content (AvgIpc) is 2.64. The Morgan fingerprint density at radius 1 is 1.29 bits per heavy atom. The van der Waals surface area contributed by atoms with Crippen molar-refractivity contribution in [2.75, 3.05) is 12.0 Å². The number of nitrogens with two attached hydrogens (primary N) is 1. The van der Waals surface area contributed by atoms with Gasteiger partial charge in [0.15, 0.2) is 21.4 Å². The molecule has 1 aromatic heterocycles. The van der Waals surface area contributed by atoms with Crippen LogP contribution in [0, 0.1) is 6.92 Å². The van der Waals surface area contributed by atoms with Crippen LogP contribution in [0.2, 0.25) is 0 Å². The van der Waals surface area contributed by atoms with E-state index in [1.54, 1.807) is 31.2 Å². The molecular formula is C11H12N2O3S. The highest BCUT2D eigenvalue weighted by molar-refractivity contribution is 7.90. The van der Waals surface area contributed by atoms with Gasteiger partial charge in [-0.3, -0.25) is 0 Å². The van der Waals surface area contributed by atoms with Crippen molar-refractivity contribution < 1.29 is 12.9 Å². The SMILES string of the molecule is Cc1ccc(-c2cc(N)no2)cc1S(C)(=O)=O. The highest BCUT2D eigenvalue weighted by atomic mass is 32.2. The quantitative estimate of drug-likeness (QED) is 0.878. The van der Waals surface area contributed by atoms with Gasteiger partial charge in [-0.25, -0.2) is 8.42 Å². The summed E-state index contributed by atoms with van der Waals surface area (Å²) in [7, 11) is -3.25. The molecule has 2 aromatic rings. The van der Waals surface area contributed by atoms with Crippen LogP contribution in [0.4, 0.5) is 5.82 Å². The second-order valence-corrected chi connectivity index (χ2v) is 5.85. The van der Waals surface area contributed by atoms with Crippen LogP contribution in [0.3, 0.4) is 0 Å². The Hall–Kier alpha value is -1.82. The predicted octanol–water partition coefficient (Wildman–Crippen LogP) is 1.64. The van der Waals surface area contributed by atoms with Crippen LogP contribution in [0.25, 0.3) is 11.3 Å². The standard InChI is InChI=1S/C11H12N2O3S/c1-7-3-4-8(5-10(7)17(2,14)15)9-6-11(12)13-16-9/h3-6H,1-2H3,(H2,12,13). The van der Waals surface area contributed by atoms with E-state index in [1.807, 2.05) is 0 Å². The van der Waals surface area contributed by atoms with E-state index in [0.29, 0.717) is 16.9 Å². The fourth-order valence-corrected chi connectivity index (χ4v) is 2.57. The number of benzene rings is 1. The summed E-state index contributed by atoms with van der Waals surface area (Å²) in [6.45, 7) is 1.74. The number of sulfone groups is 1. The lowest BCUT2D eigenvalue weighted by Crippen LogP contribution is -2.00.